The van der Waals surface area contributed by atoms with Crippen molar-refractivity contribution in [2.45, 2.75) is 44.8 Å². The van der Waals surface area contributed by atoms with Crippen molar-refractivity contribution in [3.63, 3.8) is 0 Å². The molecule has 0 N–H and O–H groups in total. The van der Waals surface area contributed by atoms with Gasteiger partial charge in [0, 0.05) is 30.5 Å². The second-order valence-corrected chi connectivity index (χ2v) is 7.26. The normalized spacial score (nSPS) is 17.3. The summed E-state index contributed by atoms with van der Waals surface area (Å²) >= 11 is 0. The number of rotatable bonds is 7. The van der Waals surface area contributed by atoms with Crippen LogP contribution in [0.25, 0.3) is 11.4 Å². The molecular formula is C21H25N5O3. The topological polar surface area (TPSA) is 86.3 Å². The SMILES string of the molecule is COC(=O)c1ccc(-c2noc(CN3CCCC[C@H]3CCn3cccn3)n2)cc1. The van der Waals surface area contributed by atoms with Gasteiger partial charge in [0.1, 0.15) is 0 Å². The van der Waals surface area contributed by atoms with Gasteiger partial charge in [0.2, 0.25) is 11.7 Å². The molecule has 1 aromatic carbocycles. The third kappa shape index (κ3) is 4.71. The molecule has 0 bridgehead atoms. The first-order chi connectivity index (χ1) is 14.2. The molecule has 0 aliphatic carbocycles. The number of ether oxygens (including phenoxy) is 1. The van der Waals surface area contributed by atoms with Crippen LogP contribution >= 0.6 is 0 Å². The number of hydrogen-bond donors (Lipinski definition) is 0. The largest absolute Gasteiger partial charge is 0.465 e. The Labute approximate surface area is 169 Å². The fourth-order valence-electron chi connectivity index (χ4n) is 3.79. The molecule has 3 heterocycles. The Balaban J connectivity index is 1.39. The fourth-order valence-corrected chi connectivity index (χ4v) is 3.79. The second kappa shape index (κ2) is 9.00. The molecule has 3 aromatic rings. The summed E-state index contributed by atoms with van der Waals surface area (Å²) in [6, 6.07) is 9.45. The number of methoxy groups -OCH3 is 1. The van der Waals surface area contributed by atoms with Crippen LogP contribution in [0.3, 0.4) is 0 Å². The number of aryl methyl sites for hydroxylation is 1. The van der Waals surface area contributed by atoms with Crippen LogP contribution in [0, 0.1) is 0 Å². The number of likely N-dealkylation sites (tertiary alicyclic amines) is 1. The molecular weight excluding hydrogens is 370 g/mol. The minimum absolute atomic E-state index is 0.364. The molecule has 1 saturated heterocycles. The monoisotopic (exact) mass is 395 g/mol. The van der Waals surface area contributed by atoms with E-state index in [0.717, 1.165) is 25.1 Å². The summed E-state index contributed by atoms with van der Waals surface area (Å²) in [6.07, 6.45) is 8.49. The lowest BCUT2D eigenvalue weighted by molar-refractivity contribution is 0.0600. The van der Waals surface area contributed by atoms with E-state index in [0.29, 0.717) is 29.9 Å². The molecule has 0 radical (unpaired) electrons. The van der Waals surface area contributed by atoms with Crippen LogP contribution < -0.4 is 0 Å². The summed E-state index contributed by atoms with van der Waals surface area (Å²) in [5.41, 5.74) is 1.30. The zero-order chi connectivity index (χ0) is 20.1. The Kier molecular flexibility index (Phi) is 6.00. The third-order valence-electron chi connectivity index (χ3n) is 5.37. The first kappa shape index (κ1) is 19.3. The van der Waals surface area contributed by atoms with Gasteiger partial charge in [0.05, 0.1) is 19.2 Å². The van der Waals surface area contributed by atoms with Gasteiger partial charge in [0.25, 0.3) is 0 Å². The molecule has 8 heteroatoms. The maximum absolute atomic E-state index is 11.6. The maximum Gasteiger partial charge on any atom is 0.337 e. The van der Waals surface area contributed by atoms with Crippen LogP contribution in [0.2, 0.25) is 0 Å². The molecule has 0 saturated carbocycles. The van der Waals surface area contributed by atoms with Crippen molar-refractivity contribution in [1.82, 2.24) is 24.8 Å². The number of hydrogen-bond acceptors (Lipinski definition) is 7. The number of carbonyl (C=O) groups excluding carboxylic acids is 1. The Bertz CT molecular complexity index is 920. The summed E-state index contributed by atoms with van der Waals surface area (Å²) in [5.74, 6) is 0.779. The summed E-state index contributed by atoms with van der Waals surface area (Å²) in [4.78, 5) is 18.6. The second-order valence-electron chi connectivity index (χ2n) is 7.26. The van der Waals surface area contributed by atoms with Crippen LogP contribution in [-0.4, -0.2) is 50.5 Å². The number of aromatic nitrogens is 4. The van der Waals surface area contributed by atoms with E-state index in [9.17, 15) is 4.79 Å². The van der Waals surface area contributed by atoms with Gasteiger partial charge in [-0.2, -0.15) is 10.1 Å². The summed E-state index contributed by atoms with van der Waals surface area (Å²) < 4.78 is 12.2. The van der Waals surface area contributed by atoms with Crippen molar-refractivity contribution < 1.29 is 14.1 Å². The van der Waals surface area contributed by atoms with Crippen molar-refractivity contribution in [3.05, 3.63) is 54.2 Å². The standard InChI is InChI=1S/C21H25N5O3/c1-28-21(27)17-8-6-16(7-9-17)20-23-19(29-24-20)15-25-12-3-2-5-18(25)10-14-26-13-4-11-22-26/h4,6-9,11,13,18H,2-3,5,10,12,14-15H2,1H3/t18-/m0/s1. The molecule has 0 unspecified atom stereocenters. The molecule has 8 nitrogen and oxygen atoms in total. The lowest BCUT2D eigenvalue weighted by Gasteiger charge is -2.34. The van der Waals surface area contributed by atoms with E-state index in [4.69, 9.17) is 9.26 Å². The number of benzene rings is 1. The molecule has 1 aliphatic rings. The molecule has 1 atom stereocenters. The van der Waals surface area contributed by atoms with Crippen molar-refractivity contribution in [2.24, 2.45) is 0 Å². The number of nitrogens with zero attached hydrogens (tertiary/aromatic N) is 5. The average Bonchev–Trinajstić information content (AvgIpc) is 3.45. The van der Waals surface area contributed by atoms with Gasteiger partial charge in [-0.25, -0.2) is 4.79 Å². The number of piperidine rings is 1. The van der Waals surface area contributed by atoms with Gasteiger partial charge < -0.3 is 9.26 Å². The predicted molar refractivity (Wildman–Crippen MR) is 106 cm³/mol. The Morgan fingerprint density at radius 1 is 1.28 bits per heavy atom. The summed E-state index contributed by atoms with van der Waals surface area (Å²) in [7, 11) is 1.37. The number of esters is 1. The van der Waals surface area contributed by atoms with Gasteiger partial charge in [0.15, 0.2) is 0 Å². The van der Waals surface area contributed by atoms with Crippen LogP contribution in [0.15, 0.2) is 47.2 Å². The average molecular weight is 395 g/mol. The van der Waals surface area contributed by atoms with Crippen LogP contribution in [0.4, 0.5) is 0 Å². The Morgan fingerprint density at radius 2 is 2.14 bits per heavy atom. The van der Waals surface area contributed by atoms with Gasteiger partial charge in [-0.15, -0.1) is 0 Å². The fraction of sp³-hybridized carbons (Fsp3) is 0.429. The van der Waals surface area contributed by atoms with Crippen LogP contribution in [0.1, 0.15) is 41.9 Å². The van der Waals surface area contributed by atoms with Gasteiger partial charge in [-0.1, -0.05) is 23.7 Å². The zero-order valence-electron chi connectivity index (χ0n) is 16.5. The molecule has 1 fully saturated rings. The van der Waals surface area contributed by atoms with Crippen LogP contribution in [-0.2, 0) is 17.8 Å². The predicted octanol–water partition coefficient (Wildman–Crippen LogP) is 3.16. The zero-order valence-corrected chi connectivity index (χ0v) is 16.5. The summed E-state index contributed by atoms with van der Waals surface area (Å²) in [5, 5.41) is 8.41. The van der Waals surface area contributed by atoms with E-state index in [-0.39, 0.29) is 5.97 Å². The highest BCUT2D eigenvalue weighted by molar-refractivity contribution is 5.89. The Hall–Kier alpha value is -3.00. The maximum atomic E-state index is 11.6. The smallest absolute Gasteiger partial charge is 0.337 e. The van der Waals surface area contributed by atoms with Crippen molar-refractivity contribution in [3.8, 4) is 11.4 Å². The molecule has 29 heavy (non-hydrogen) atoms. The minimum atomic E-state index is -0.364. The molecule has 4 rings (SSSR count). The molecule has 2 aromatic heterocycles. The van der Waals surface area contributed by atoms with E-state index in [1.54, 1.807) is 24.3 Å². The Morgan fingerprint density at radius 3 is 2.90 bits per heavy atom. The first-order valence-electron chi connectivity index (χ1n) is 9.96. The van der Waals surface area contributed by atoms with Gasteiger partial charge >= 0.3 is 5.97 Å². The highest BCUT2D eigenvalue weighted by atomic mass is 16.5. The quantitative estimate of drug-likeness (QED) is 0.568. The van der Waals surface area contributed by atoms with E-state index >= 15 is 0 Å². The van der Waals surface area contributed by atoms with E-state index in [1.807, 2.05) is 23.1 Å². The molecule has 0 spiro atoms. The van der Waals surface area contributed by atoms with Crippen molar-refractivity contribution in [2.75, 3.05) is 13.7 Å². The van der Waals surface area contributed by atoms with Crippen LogP contribution in [0.5, 0.6) is 0 Å². The lowest BCUT2D eigenvalue weighted by Crippen LogP contribution is -2.39. The van der Waals surface area contributed by atoms with E-state index < -0.39 is 0 Å². The van der Waals surface area contributed by atoms with E-state index in [1.165, 1.54) is 26.4 Å². The minimum Gasteiger partial charge on any atom is -0.465 e. The molecule has 0 amide bonds. The van der Waals surface area contributed by atoms with Gasteiger partial charge in [-0.3, -0.25) is 9.58 Å². The summed E-state index contributed by atoms with van der Waals surface area (Å²) in [6.45, 7) is 2.60. The lowest BCUT2D eigenvalue weighted by atomic mass is 9.99. The highest BCUT2D eigenvalue weighted by Crippen LogP contribution is 2.23. The molecule has 1 aliphatic heterocycles. The molecule has 152 valence electrons. The third-order valence-corrected chi connectivity index (χ3v) is 5.37. The number of carbonyl (C=O) groups is 1. The van der Waals surface area contributed by atoms with E-state index in [2.05, 4.69) is 20.1 Å². The van der Waals surface area contributed by atoms with Crippen molar-refractivity contribution in [1.29, 1.82) is 0 Å². The van der Waals surface area contributed by atoms with Crippen molar-refractivity contribution >= 4 is 5.97 Å². The highest BCUT2D eigenvalue weighted by Gasteiger charge is 2.24. The van der Waals surface area contributed by atoms with Gasteiger partial charge in [-0.05, 0) is 44.0 Å². The first-order valence-corrected chi connectivity index (χ1v) is 9.96.